The molecule has 1 atom stereocenters. The van der Waals surface area contributed by atoms with Gasteiger partial charge in [-0.3, -0.25) is 0 Å². The number of anilines is 2. The zero-order valence-electron chi connectivity index (χ0n) is 12.0. The van der Waals surface area contributed by atoms with Crippen molar-refractivity contribution < 1.29 is 0 Å². The van der Waals surface area contributed by atoms with E-state index in [2.05, 4.69) is 25.2 Å². The van der Waals surface area contributed by atoms with E-state index in [-0.39, 0.29) is 5.28 Å². The second-order valence-corrected chi connectivity index (χ2v) is 6.22. The van der Waals surface area contributed by atoms with E-state index in [0.29, 0.717) is 17.8 Å². The van der Waals surface area contributed by atoms with Gasteiger partial charge in [0, 0.05) is 33.2 Å². The normalized spacial score (nSPS) is 23.1. The minimum absolute atomic E-state index is 0.234. The molecule has 0 amide bonds. The van der Waals surface area contributed by atoms with Crippen molar-refractivity contribution in [3.05, 3.63) is 5.28 Å². The molecule has 110 valence electrons. The van der Waals surface area contributed by atoms with E-state index in [9.17, 15) is 0 Å². The molecule has 0 aromatic carbocycles. The average Bonchev–Trinajstić information content (AvgIpc) is 3.15. The van der Waals surface area contributed by atoms with Gasteiger partial charge in [-0.2, -0.15) is 15.0 Å². The largest absolute Gasteiger partial charge is 0.354 e. The lowest BCUT2D eigenvalue weighted by Gasteiger charge is -2.16. The van der Waals surface area contributed by atoms with Crippen LogP contribution in [0.2, 0.25) is 5.28 Å². The fourth-order valence-corrected chi connectivity index (χ4v) is 2.81. The maximum atomic E-state index is 5.93. The summed E-state index contributed by atoms with van der Waals surface area (Å²) in [6, 6.07) is 0.868. The van der Waals surface area contributed by atoms with Crippen molar-refractivity contribution in [1.29, 1.82) is 0 Å². The van der Waals surface area contributed by atoms with Crippen LogP contribution in [-0.4, -0.2) is 59.6 Å². The summed E-state index contributed by atoms with van der Waals surface area (Å²) in [5.74, 6) is 1.83. The number of aromatic nitrogens is 3. The summed E-state index contributed by atoms with van der Waals surface area (Å²) >= 11 is 5.93. The molecule has 1 aliphatic heterocycles. The summed E-state index contributed by atoms with van der Waals surface area (Å²) < 4.78 is 0. The molecule has 0 radical (unpaired) electrons. The van der Waals surface area contributed by atoms with Crippen LogP contribution in [0.4, 0.5) is 11.9 Å². The van der Waals surface area contributed by atoms with E-state index in [0.717, 1.165) is 12.6 Å². The van der Waals surface area contributed by atoms with E-state index in [1.54, 1.807) is 0 Å². The van der Waals surface area contributed by atoms with Gasteiger partial charge in [0.25, 0.3) is 0 Å². The molecule has 20 heavy (non-hydrogen) atoms. The van der Waals surface area contributed by atoms with Gasteiger partial charge in [-0.25, -0.2) is 0 Å². The highest BCUT2D eigenvalue weighted by molar-refractivity contribution is 6.28. The second-order valence-electron chi connectivity index (χ2n) is 5.88. The summed E-state index contributed by atoms with van der Waals surface area (Å²) in [5.41, 5.74) is 0. The molecule has 1 unspecified atom stereocenters. The summed E-state index contributed by atoms with van der Waals surface area (Å²) in [6.07, 6.45) is 4.02. The third-order valence-electron chi connectivity index (χ3n) is 3.93. The van der Waals surface area contributed by atoms with Crippen molar-refractivity contribution in [2.45, 2.75) is 25.3 Å². The Kier molecular flexibility index (Phi) is 3.94. The van der Waals surface area contributed by atoms with Crippen LogP contribution in [0.3, 0.4) is 0 Å². The van der Waals surface area contributed by atoms with E-state index in [1.807, 2.05) is 19.0 Å². The van der Waals surface area contributed by atoms with Crippen LogP contribution in [0.25, 0.3) is 0 Å². The van der Waals surface area contributed by atoms with E-state index in [1.165, 1.54) is 32.4 Å². The lowest BCUT2D eigenvalue weighted by atomic mass is 10.1. The molecule has 1 aromatic heterocycles. The quantitative estimate of drug-likeness (QED) is 0.888. The minimum atomic E-state index is 0.234. The molecule has 0 bridgehead atoms. The first-order chi connectivity index (χ1) is 9.61. The highest BCUT2D eigenvalue weighted by Gasteiger charge is 2.34. The Hall–Kier alpha value is -1.14. The van der Waals surface area contributed by atoms with Crippen LogP contribution in [0.1, 0.15) is 19.3 Å². The van der Waals surface area contributed by atoms with Crippen molar-refractivity contribution in [2.24, 2.45) is 5.92 Å². The smallest absolute Gasteiger partial charge is 0.230 e. The maximum absolute atomic E-state index is 5.93. The Balaban J connectivity index is 1.55. The first-order valence-electron chi connectivity index (χ1n) is 7.18. The molecular formula is C13H21ClN6. The fraction of sp³-hybridized carbons (Fsp3) is 0.769. The Bertz CT molecular complexity index is 476. The van der Waals surface area contributed by atoms with Crippen molar-refractivity contribution in [3.8, 4) is 0 Å². The van der Waals surface area contributed by atoms with E-state index < -0.39 is 0 Å². The number of nitrogens with zero attached hydrogens (tertiary/aromatic N) is 5. The Morgan fingerprint density at radius 3 is 2.75 bits per heavy atom. The van der Waals surface area contributed by atoms with Crippen LogP contribution in [0.15, 0.2) is 0 Å². The van der Waals surface area contributed by atoms with Gasteiger partial charge in [0.05, 0.1) is 0 Å². The average molecular weight is 297 g/mol. The molecule has 1 aliphatic carbocycles. The highest BCUT2D eigenvalue weighted by Crippen LogP contribution is 2.31. The zero-order valence-corrected chi connectivity index (χ0v) is 12.8. The molecule has 1 saturated heterocycles. The molecule has 1 saturated carbocycles. The monoisotopic (exact) mass is 296 g/mol. The van der Waals surface area contributed by atoms with Gasteiger partial charge in [-0.15, -0.1) is 0 Å². The molecule has 1 aromatic rings. The number of nitrogens with one attached hydrogen (secondary N) is 1. The van der Waals surface area contributed by atoms with Gasteiger partial charge in [0.1, 0.15) is 0 Å². The first-order valence-corrected chi connectivity index (χ1v) is 7.56. The lowest BCUT2D eigenvalue weighted by molar-refractivity contribution is 0.316. The van der Waals surface area contributed by atoms with Gasteiger partial charge in [0.15, 0.2) is 0 Å². The minimum Gasteiger partial charge on any atom is -0.354 e. The van der Waals surface area contributed by atoms with Crippen molar-refractivity contribution >= 4 is 23.5 Å². The lowest BCUT2D eigenvalue weighted by Crippen LogP contribution is -2.25. The Morgan fingerprint density at radius 1 is 1.25 bits per heavy atom. The van der Waals surface area contributed by atoms with Crippen molar-refractivity contribution in [3.63, 3.8) is 0 Å². The van der Waals surface area contributed by atoms with Crippen LogP contribution >= 0.6 is 11.6 Å². The standard InChI is InChI=1S/C13H21ClN6/c1-19(2)13-17-11(14)16-12(18-13)15-7-9-5-6-20(8-9)10-3-4-10/h9-10H,3-8H2,1-2H3,(H,15,16,17,18). The number of likely N-dealkylation sites (tertiary alicyclic amines) is 1. The van der Waals surface area contributed by atoms with Crippen molar-refractivity contribution in [1.82, 2.24) is 19.9 Å². The topological polar surface area (TPSA) is 57.2 Å². The molecule has 0 spiro atoms. The summed E-state index contributed by atoms with van der Waals surface area (Å²) in [4.78, 5) is 17.0. The molecule has 7 heteroatoms. The van der Waals surface area contributed by atoms with Gasteiger partial charge < -0.3 is 15.1 Å². The Morgan fingerprint density at radius 2 is 2.05 bits per heavy atom. The molecule has 2 heterocycles. The molecule has 2 fully saturated rings. The summed E-state index contributed by atoms with van der Waals surface area (Å²) in [6.45, 7) is 3.32. The van der Waals surface area contributed by atoms with Crippen LogP contribution in [-0.2, 0) is 0 Å². The number of hydrogen-bond acceptors (Lipinski definition) is 6. The highest BCUT2D eigenvalue weighted by atomic mass is 35.5. The van der Waals surface area contributed by atoms with E-state index >= 15 is 0 Å². The van der Waals surface area contributed by atoms with Gasteiger partial charge in [0.2, 0.25) is 17.2 Å². The predicted octanol–water partition coefficient (Wildman–Crippen LogP) is 1.49. The second kappa shape index (κ2) is 5.69. The SMILES string of the molecule is CN(C)c1nc(Cl)nc(NCC2CCN(C3CC3)C2)n1. The fourth-order valence-electron chi connectivity index (χ4n) is 2.65. The van der Waals surface area contributed by atoms with Gasteiger partial charge >= 0.3 is 0 Å². The van der Waals surface area contributed by atoms with Crippen LogP contribution in [0, 0.1) is 5.92 Å². The number of rotatable bonds is 5. The summed E-state index contributed by atoms with van der Waals surface area (Å²) in [5, 5.41) is 3.54. The maximum Gasteiger partial charge on any atom is 0.230 e. The van der Waals surface area contributed by atoms with Crippen molar-refractivity contribution in [2.75, 3.05) is 43.9 Å². The van der Waals surface area contributed by atoms with Crippen LogP contribution < -0.4 is 10.2 Å². The summed E-state index contributed by atoms with van der Waals surface area (Å²) in [7, 11) is 3.78. The molecule has 6 nitrogen and oxygen atoms in total. The zero-order chi connectivity index (χ0) is 14.1. The number of hydrogen-bond donors (Lipinski definition) is 1. The third kappa shape index (κ3) is 3.30. The predicted molar refractivity (Wildman–Crippen MR) is 80.4 cm³/mol. The van der Waals surface area contributed by atoms with Gasteiger partial charge in [-0.05, 0) is 43.3 Å². The molecule has 2 aliphatic rings. The molecule has 1 N–H and O–H groups in total. The molecule has 3 rings (SSSR count). The van der Waals surface area contributed by atoms with Gasteiger partial charge in [-0.1, -0.05) is 0 Å². The molecular weight excluding hydrogens is 276 g/mol. The Labute approximate surface area is 124 Å². The first kappa shape index (κ1) is 13.8. The number of halogens is 1. The third-order valence-corrected chi connectivity index (χ3v) is 4.09. The van der Waals surface area contributed by atoms with Crippen LogP contribution in [0.5, 0.6) is 0 Å². The van der Waals surface area contributed by atoms with E-state index in [4.69, 9.17) is 11.6 Å².